The first-order chi connectivity index (χ1) is 9.99. The largest absolute Gasteiger partial charge is 0.496 e. The Labute approximate surface area is 127 Å². The molecule has 1 aromatic carbocycles. The predicted molar refractivity (Wildman–Crippen MR) is 81.5 cm³/mol. The number of amides is 1. The minimum absolute atomic E-state index is 0.138. The Hall–Kier alpha value is -1.89. The van der Waals surface area contributed by atoms with Crippen LogP contribution in [0, 0.1) is 0 Å². The zero-order valence-electron chi connectivity index (χ0n) is 11.9. The van der Waals surface area contributed by atoms with E-state index in [0.717, 1.165) is 0 Å². The summed E-state index contributed by atoms with van der Waals surface area (Å²) >= 11 is 1.49. The van der Waals surface area contributed by atoms with Crippen LogP contribution in [0.25, 0.3) is 0 Å². The number of thioether (sulfide) groups is 1. The van der Waals surface area contributed by atoms with E-state index in [1.54, 1.807) is 18.2 Å². The Morgan fingerprint density at radius 2 is 2.24 bits per heavy atom. The Morgan fingerprint density at radius 3 is 2.81 bits per heavy atom. The van der Waals surface area contributed by atoms with Crippen molar-refractivity contribution >= 4 is 29.3 Å². The van der Waals surface area contributed by atoms with E-state index >= 15 is 0 Å². The molecule has 7 heteroatoms. The molecule has 2 atom stereocenters. The van der Waals surface area contributed by atoms with Gasteiger partial charge in [-0.25, -0.2) is 4.79 Å². The van der Waals surface area contributed by atoms with Gasteiger partial charge in [-0.2, -0.15) is 0 Å². The fraction of sp³-hybridized carbons (Fsp3) is 0.429. The van der Waals surface area contributed by atoms with Crippen molar-refractivity contribution in [3.05, 3.63) is 23.8 Å². The van der Waals surface area contributed by atoms with Crippen LogP contribution in [0.2, 0.25) is 0 Å². The van der Waals surface area contributed by atoms with Gasteiger partial charge in [-0.05, 0) is 18.6 Å². The highest BCUT2D eigenvalue weighted by atomic mass is 32.2. The average molecular weight is 310 g/mol. The summed E-state index contributed by atoms with van der Waals surface area (Å²) in [4.78, 5) is 25.5. The third-order valence-electron chi connectivity index (χ3n) is 3.42. The lowest BCUT2D eigenvalue weighted by molar-refractivity contribution is -0.141. The molecule has 1 saturated heterocycles. The Balaban J connectivity index is 2.39. The number of carboxylic acid groups (broad SMARTS) is 1. The second kappa shape index (κ2) is 6.26. The van der Waals surface area contributed by atoms with E-state index in [9.17, 15) is 14.7 Å². The summed E-state index contributed by atoms with van der Waals surface area (Å²) in [5, 5.41) is 9.17. The van der Waals surface area contributed by atoms with Crippen molar-refractivity contribution in [2.24, 2.45) is 0 Å². The van der Waals surface area contributed by atoms with Gasteiger partial charge >= 0.3 is 5.97 Å². The summed E-state index contributed by atoms with van der Waals surface area (Å²) < 4.78 is 5.19. The molecule has 1 aliphatic heterocycles. The molecule has 6 nitrogen and oxygen atoms in total. The second-order valence-corrected chi connectivity index (χ2v) is 5.93. The van der Waals surface area contributed by atoms with Crippen LogP contribution in [-0.2, 0) is 4.79 Å². The lowest BCUT2D eigenvalue weighted by Crippen LogP contribution is -2.45. The highest BCUT2D eigenvalue weighted by Crippen LogP contribution is 2.34. The summed E-state index contributed by atoms with van der Waals surface area (Å²) in [6, 6.07) is 3.93. The molecule has 3 N–H and O–H groups in total. The van der Waals surface area contributed by atoms with Crippen molar-refractivity contribution < 1.29 is 19.4 Å². The highest BCUT2D eigenvalue weighted by molar-refractivity contribution is 8.00. The fourth-order valence-corrected chi connectivity index (χ4v) is 3.71. The van der Waals surface area contributed by atoms with Gasteiger partial charge in [-0.3, -0.25) is 4.79 Å². The maximum atomic E-state index is 12.8. The van der Waals surface area contributed by atoms with E-state index in [2.05, 4.69) is 0 Å². The van der Waals surface area contributed by atoms with Crippen molar-refractivity contribution in [2.75, 3.05) is 18.6 Å². The molecule has 1 amide bonds. The summed E-state index contributed by atoms with van der Waals surface area (Å²) in [7, 11) is 1.45. The third-order valence-corrected chi connectivity index (χ3v) is 4.87. The maximum absolute atomic E-state index is 12.8. The molecule has 0 bridgehead atoms. The van der Waals surface area contributed by atoms with Gasteiger partial charge in [0.15, 0.2) is 0 Å². The quantitative estimate of drug-likeness (QED) is 0.822. The number of nitrogen functional groups attached to an aromatic ring is 1. The van der Waals surface area contributed by atoms with Crippen LogP contribution in [0.4, 0.5) is 5.69 Å². The van der Waals surface area contributed by atoms with Crippen molar-refractivity contribution in [1.29, 1.82) is 0 Å². The average Bonchev–Trinajstić information content (AvgIpc) is 2.90. The summed E-state index contributed by atoms with van der Waals surface area (Å²) in [6.45, 7) is 1.93. The van der Waals surface area contributed by atoms with Crippen molar-refractivity contribution in [3.8, 4) is 5.75 Å². The van der Waals surface area contributed by atoms with E-state index in [-0.39, 0.29) is 11.3 Å². The number of rotatable bonds is 4. The maximum Gasteiger partial charge on any atom is 0.327 e. The number of ether oxygens (including phenoxy) is 1. The molecule has 0 spiro atoms. The van der Waals surface area contributed by atoms with Crippen molar-refractivity contribution in [1.82, 2.24) is 4.90 Å². The van der Waals surface area contributed by atoms with Gasteiger partial charge < -0.3 is 20.5 Å². The molecule has 1 fully saturated rings. The number of hydrogen-bond donors (Lipinski definition) is 2. The third kappa shape index (κ3) is 2.92. The van der Waals surface area contributed by atoms with Gasteiger partial charge in [-0.1, -0.05) is 6.92 Å². The standard InChI is InChI=1S/C14H18N2O4S/c1-3-12-16(10(7-21-12)14(18)19)13(17)9-5-4-8(15)6-11(9)20-2/h4-6,10,12H,3,7,15H2,1-2H3,(H,18,19). The summed E-state index contributed by atoms with van der Waals surface area (Å²) in [6.07, 6.45) is 0.692. The summed E-state index contributed by atoms with van der Waals surface area (Å²) in [5.41, 5.74) is 6.50. The number of nitrogens with zero attached hydrogens (tertiary/aromatic N) is 1. The Morgan fingerprint density at radius 1 is 1.52 bits per heavy atom. The number of carbonyl (C=O) groups excluding carboxylic acids is 1. The van der Waals surface area contributed by atoms with Crippen LogP contribution in [0.15, 0.2) is 18.2 Å². The van der Waals surface area contributed by atoms with Gasteiger partial charge in [0.1, 0.15) is 11.8 Å². The molecule has 1 aliphatic rings. The number of hydrogen-bond acceptors (Lipinski definition) is 5. The van der Waals surface area contributed by atoms with Crippen LogP contribution in [-0.4, -0.2) is 46.2 Å². The molecule has 21 heavy (non-hydrogen) atoms. The van der Waals surface area contributed by atoms with Crippen molar-refractivity contribution in [3.63, 3.8) is 0 Å². The molecular weight excluding hydrogens is 292 g/mol. The van der Waals surface area contributed by atoms with Crippen LogP contribution >= 0.6 is 11.8 Å². The Kier molecular flexibility index (Phi) is 4.62. The number of nitrogens with two attached hydrogens (primary N) is 1. The molecule has 2 rings (SSSR count). The molecule has 114 valence electrons. The van der Waals surface area contributed by atoms with Crippen LogP contribution < -0.4 is 10.5 Å². The molecule has 0 aliphatic carbocycles. The normalized spacial score (nSPS) is 21.3. The van der Waals surface area contributed by atoms with E-state index < -0.39 is 12.0 Å². The SMILES string of the molecule is CCC1SCC(C(=O)O)N1C(=O)c1ccc(N)cc1OC. The topological polar surface area (TPSA) is 92.9 Å². The molecule has 0 radical (unpaired) electrons. The number of aliphatic carboxylic acids is 1. The van der Waals surface area contributed by atoms with Gasteiger partial charge in [0.25, 0.3) is 5.91 Å². The lowest BCUT2D eigenvalue weighted by Gasteiger charge is -2.27. The smallest absolute Gasteiger partial charge is 0.327 e. The number of carboxylic acids is 1. The number of benzene rings is 1. The number of carbonyl (C=O) groups is 2. The van der Waals surface area contributed by atoms with Gasteiger partial charge in [0, 0.05) is 17.5 Å². The highest BCUT2D eigenvalue weighted by Gasteiger charge is 2.41. The summed E-state index contributed by atoms with van der Waals surface area (Å²) in [5.74, 6) is -0.565. The first-order valence-corrected chi connectivity index (χ1v) is 7.65. The minimum Gasteiger partial charge on any atom is -0.496 e. The number of methoxy groups -OCH3 is 1. The van der Waals surface area contributed by atoms with Crippen LogP contribution in [0.1, 0.15) is 23.7 Å². The lowest BCUT2D eigenvalue weighted by atomic mass is 10.1. The van der Waals surface area contributed by atoms with E-state index in [1.165, 1.54) is 23.8 Å². The fourth-order valence-electron chi connectivity index (χ4n) is 2.36. The van der Waals surface area contributed by atoms with E-state index in [1.807, 2.05) is 6.92 Å². The zero-order valence-corrected chi connectivity index (χ0v) is 12.7. The zero-order chi connectivity index (χ0) is 15.6. The molecule has 0 aromatic heterocycles. The predicted octanol–water partition coefficient (Wildman–Crippen LogP) is 1.66. The van der Waals surface area contributed by atoms with E-state index in [4.69, 9.17) is 10.5 Å². The van der Waals surface area contributed by atoms with Crippen LogP contribution in [0.5, 0.6) is 5.75 Å². The molecule has 2 unspecified atom stereocenters. The molecule has 0 saturated carbocycles. The van der Waals surface area contributed by atoms with Gasteiger partial charge in [0.2, 0.25) is 0 Å². The molecular formula is C14H18N2O4S. The first-order valence-electron chi connectivity index (χ1n) is 6.60. The molecule has 1 heterocycles. The van der Waals surface area contributed by atoms with Gasteiger partial charge in [0.05, 0.1) is 18.0 Å². The minimum atomic E-state index is -0.985. The van der Waals surface area contributed by atoms with Crippen LogP contribution in [0.3, 0.4) is 0 Å². The first kappa shape index (κ1) is 15.5. The van der Waals surface area contributed by atoms with Gasteiger partial charge in [-0.15, -0.1) is 11.8 Å². The Bertz CT molecular complexity index is 564. The monoisotopic (exact) mass is 310 g/mol. The number of anilines is 1. The van der Waals surface area contributed by atoms with Crippen molar-refractivity contribution in [2.45, 2.75) is 24.8 Å². The van der Waals surface area contributed by atoms with E-state index in [0.29, 0.717) is 29.2 Å². The second-order valence-electron chi connectivity index (χ2n) is 4.72. The molecule has 1 aromatic rings.